The Morgan fingerprint density at radius 3 is 3.05 bits per heavy atom. The van der Waals surface area contributed by atoms with Gasteiger partial charge in [-0.1, -0.05) is 17.7 Å². The Hall–Kier alpha value is -1.30. The van der Waals surface area contributed by atoms with E-state index in [1.807, 2.05) is 19.1 Å². The molecule has 2 aromatic rings. The normalized spacial score (nSPS) is 22.4. The van der Waals surface area contributed by atoms with Gasteiger partial charge < -0.3 is 15.8 Å². The number of halogens is 1. The quantitative estimate of drug-likeness (QED) is 0.889. The fourth-order valence-electron chi connectivity index (χ4n) is 2.68. The molecule has 1 aliphatic heterocycles. The Balaban J connectivity index is 1.85. The van der Waals surface area contributed by atoms with E-state index in [-0.39, 0.29) is 18.1 Å². The van der Waals surface area contributed by atoms with Crippen LogP contribution in [0, 0.1) is 0 Å². The minimum Gasteiger partial charge on any atom is -0.397 e. The second-order valence-electron chi connectivity index (χ2n) is 5.33. The third kappa shape index (κ3) is 2.86. The molecule has 112 valence electrons. The van der Waals surface area contributed by atoms with E-state index in [1.54, 1.807) is 6.07 Å². The van der Waals surface area contributed by atoms with Crippen molar-refractivity contribution in [3.8, 4) is 0 Å². The van der Waals surface area contributed by atoms with Crippen molar-refractivity contribution in [3.63, 3.8) is 0 Å². The summed E-state index contributed by atoms with van der Waals surface area (Å²) in [4.78, 5) is 13.0. The topological polar surface area (TPSA) is 64.4 Å². The number of fused-ring (bicyclic) bond motifs is 1. The molecule has 0 bridgehead atoms. The van der Waals surface area contributed by atoms with Gasteiger partial charge in [-0.05, 0) is 31.9 Å². The number of nitrogens with one attached hydrogen (secondary N) is 1. The first kappa shape index (κ1) is 14.6. The number of ether oxygens (including phenoxy) is 1. The Morgan fingerprint density at radius 1 is 1.52 bits per heavy atom. The molecule has 0 aliphatic carbocycles. The average molecular weight is 325 g/mol. The van der Waals surface area contributed by atoms with E-state index < -0.39 is 0 Å². The monoisotopic (exact) mass is 324 g/mol. The summed E-state index contributed by atoms with van der Waals surface area (Å²) in [5.74, 6) is -0.121. The Bertz CT molecular complexity index is 686. The first-order chi connectivity index (χ1) is 10.1. The van der Waals surface area contributed by atoms with Gasteiger partial charge in [0, 0.05) is 22.7 Å². The Morgan fingerprint density at radius 2 is 2.33 bits per heavy atom. The smallest absolute Gasteiger partial charge is 0.263 e. The van der Waals surface area contributed by atoms with Gasteiger partial charge in [-0.15, -0.1) is 11.3 Å². The van der Waals surface area contributed by atoms with E-state index in [0.717, 1.165) is 22.9 Å². The molecule has 0 saturated carbocycles. The largest absolute Gasteiger partial charge is 0.397 e. The summed E-state index contributed by atoms with van der Waals surface area (Å²) in [6.07, 6.45) is 1.84. The second-order valence-corrected chi connectivity index (χ2v) is 6.79. The molecule has 1 aromatic carbocycles. The van der Waals surface area contributed by atoms with Crippen molar-refractivity contribution in [2.45, 2.75) is 31.9 Å². The highest BCUT2D eigenvalue weighted by Crippen LogP contribution is 2.38. The average Bonchev–Trinajstić information content (AvgIpc) is 2.77. The standard InChI is InChI=1S/C15H17ClN2O2S/c1-8-7-9(5-6-20-8)18-15(19)14-13(17)12-10(16)3-2-4-11(12)21-14/h2-4,8-9H,5-7,17H2,1H3,(H,18,19). The van der Waals surface area contributed by atoms with Crippen molar-refractivity contribution in [2.24, 2.45) is 0 Å². The number of hydrogen-bond donors (Lipinski definition) is 2. The number of thiophene rings is 1. The number of nitrogen functional groups attached to an aromatic ring is 1. The molecule has 6 heteroatoms. The van der Waals surface area contributed by atoms with E-state index in [1.165, 1.54) is 11.3 Å². The molecular formula is C15H17ClN2O2S. The summed E-state index contributed by atoms with van der Waals surface area (Å²) in [5.41, 5.74) is 6.58. The summed E-state index contributed by atoms with van der Waals surface area (Å²) in [6, 6.07) is 5.72. The van der Waals surface area contributed by atoms with Gasteiger partial charge in [-0.2, -0.15) is 0 Å². The number of nitrogens with two attached hydrogens (primary N) is 1. The summed E-state index contributed by atoms with van der Waals surface area (Å²) in [7, 11) is 0. The number of anilines is 1. The number of carbonyl (C=O) groups excluding carboxylic acids is 1. The molecule has 1 aromatic heterocycles. The lowest BCUT2D eigenvalue weighted by Gasteiger charge is -2.27. The fraction of sp³-hybridized carbons (Fsp3) is 0.400. The maximum Gasteiger partial charge on any atom is 0.263 e. The first-order valence-corrected chi connectivity index (χ1v) is 8.14. The molecular weight excluding hydrogens is 308 g/mol. The zero-order valence-electron chi connectivity index (χ0n) is 11.7. The number of rotatable bonds is 2. The van der Waals surface area contributed by atoms with Crippen molar-refractivity contribution < 1.29 is 9.53 Å². The molecule has 2 atom stereocenters. The first-order valence-electron chi connectivity index (χ1n) is 6.95. The lowest BCUT2D eigenvalue weighted by molar-refractivity contribution is 0.0137. The van der Waals surface area contributed by atoms with Crippen LogP contribution in [-0.2, 0) is 4.74 Å². The van der Waals surface area contributed by atoms with Crippen LogP contribution in [0.5, 0.6) is 0 Å². The van der Waals surface area contributed by atoms with Gasteiger partial charge in [0.05, 0.1) is 16.8 Å². The van der Waals surface area contributed by atoms with Gasteiger partial charge in [-0.3, -0.25) is 4.79 Å². The van der Waals surface area contributed by atoms with E-state index in [9.17, 15) is 4.79 Å². The zero-order chi connectivity index (χ0) is 15.0. The highest BCUT2D eigenvalue weighted by atomic mass is 35.5. The fourth-order valence-corrected chi connectivity index (χ4v) is 4.06. The van der Waals surface area contributed by atoms with Crippen LogP contribution < -0.4 is 11.1 Å². The Labute approximate surface area is 132 Å². The predicted octanol–water partition coefficient (Wildman–Crippen LogP) is 3.43. The van der Waals surface area contributed by atoms with Crippen LogP contribution in [0.1, 0.15) is 29.4 Å². The van der Waals surface area contributed by atoms with Crippen LogP contribution in [0.4, 0.5) is 5.69 Å². The van der Waals surface area contributed by atoms with E-state index in [4.69, 9.17) is 22.1 Å². The molecule has 3 rings (SSSR count). The van der Waals surface area contributed by atoms with Gasteiger partial charge >= 0.3 is 0 Å². The van der Waals surface area contributed by atoms with Crippen LogP contribution in [0.3, 0.4) is 0 Å². The molecule has 1 amide bonds. The summed E-state index contributed by atoms with van der Waals surface area (Å²) in [6.45, 7) is 2.70. The minimum absolute atomic E-state index is 0.121. The SMILES string of the molecule is CC1CC(NC(=O)c2sc3cccc(Cl)c3c2N)CCO1. The lowest BCUT2D eigenvalue weighted by atomic mass is 10.0. The summed E-state index contributed by atoms with van der Waals surface area (Å²) < 4.78 is 6.43. The van der Waals surface area contributed by atoms with E-state index >= 15 is 0 Å². The van der Waals surface area contributed by atoms with E-state index in [2.05, 4.69) is 5.32 Å². The molecule has 2 heterocycles. The van der Waals surface area contributed by atoms with Crippen LogP contribution >= 0.6 is 22.9 Å². The summed E-state index contributed by atoms with van der Waals surface area (Å²) >= 11 is 7.55. The molecule has 1 fully saturated rings. The number of carbonyl (C=O) groups is 1. The van der Waals surface area contributed by atoms with Gasteiger partial charge in [0.1, 0.15) is 4.88 Å². The van der Waals surface area contributed by atoms with Crippen molar-refractivity contribution in [1.82, 2.24) is 5.32 Å². The van der Waals surface area contributed by atoms with Crippen molar-refractivity contribution in [1.29, 1.82) is 0 Å². The highest BCUT2D eigenvalue weighted by Gasteiger charge is 2.24. The minimum atomic E-state index is -0.121. The van der Waals surface area contributed by atoms with Gasteiger partial charge in [0.15, 0.2) is 0 Å². The van der Waals surface area contributed by atoms with Crippen LogP contribution in [0.2, 0.25) is 5.02 Å². The molecule has 1 aliphatic rings. The van der Waals surface area contributed by atoms with Gasteiger partial charge in [-0.25, -0.2) is 0 Å². The zero-order valence-corrected chi connectivity index (χ0v) is 13.3. The summed E-state index contributed by atoms with van der Waals surface area (Å²) in [5, 5.41) is 4.41. The maximum absolute atomic E-state index is 12.5. The van der Waals surface area contributed by atoms with Gasteiger partial charge in [0.25, 0.3) is 5.91 Å². The maximum atomic E-state index is 12.5. The molecule has 1 saturated heterocycles. The van der Waals surface area contributed by atoms with Gasteiger partial charge in [0.2, 0.25) is 0 Å². The third-order valence-electron chi connectivity index (χ3n) is 3.73. The molecule has 4 nitrogen and oxygen atoms in total. The predicted molar refractivity (Wildman–Crippen MR) is 87.1 cm³/mol. The molecule has 2 unspecified atom stereocenters. The van der Waals surface area contributed by atoms with Crippen molar-refractivity contribution in [2.75, 3.05) is 12.3 Å². The Kier molecular flexibility index (Phi) is 4.06. The number of amides is 1. The molecule has 0 radical (unpaired) electrons. The third-order valence-corrected chi connectivity index (χ3v) is 5.21. The van der Waals surface area contributed by atoms with E-state index in [0.29, 0.717) is 22.2 Å². The van der Waals surface area contributed by atoms with Crippen molar-refractivity contribution in [3.05, 3.63) is 28.1 Å². The molecule has 21 heavy (non-hydrogen) atoms. The lowest BCUT2D eigenvalue weighted by Crippen LogP contribution is -2.41. The highest BCUT2D eigenvalue weighted by molar-refractivity contribution is 7.21. The number of hydrogen-bond acceptors (Lipinski definition) is 4. The van der Waals surface area contributed by atoms with Crippen LogP contribution in [0.25, 0.3) is 10.1 Å². The molecule has 0 spiro atoms. The van der Waals surface area contributed by atoms with Crippen molar-refractivity contribution >= 4 is 44.6 Å². The number of benzene rings is 1. The van der Waals surface area contributed by atoms with Crippen LogP contribution in [0.15, 0.2) is 18.2 Å². The molecule has 3 N–H and O–H groups in total. The van der Waals surface area contributed by atoms with Crippen LogP contribution in [-0.4, -0.2) is 24.7 Å². The second kappa shape index (κ2) is 5.83.